The Labute approximate surface area is 174 Å². The van der Waals surface area contributed by atoms with Crippen molar-refractivity contribution < 1.29 is 22.4 Å². The fraction of sp³-hybridized carbons (Fsp3) is 0.143. The van der Waals surface area contributed by atoms with Crippen LogP contribution >= 0.6 is 11.8 Å². The molecule has 1 heterocycles. The first kappa shape index (κ1) is 21.6. The number of rotatable bonds is 6. The van der Waals surface area contributed by atoms with Crippen molar-refractivity contribution in [1.29, 1.82) is 0 Å². The van der Waals surface area contributed by atoms with Crippen LogP contribution in [-0.2, 0) is 6.42 Å². The van der Waals surface area contributed by atoms with Crippen LogP contribution in [0.3, 0.4) is 0 Å². The molecule has 30 heavy (non-hydrogen) atoms. The molecular weight excluding hydrogens is 418 g/mol. The molecule has 1 aromatic carbocycles. The van der Waals surface area contributed by atoms with Gasteiger partial charge in [0.25, 0.3) is 0 Å². The molecule has 0 bridgehead atoms. The molecule has 0 radical (unpaired) electrons. The fourth-order valence-electron chi connectivity index (χ4n) is 2.93. The van der Waals surface area contributed by atoms with Crippen LogP contribution in [0.15, 0.2) is 53.0 Å². The van der Waals surface area contributed by atoms with Crippen molar-refractivity contribution in [2.45, 2.75) is 12.8 Å². The Bertz CT molecular complexity index is 1100. The predicted molar refractivity (Wildman–Crippen MR) is 110 cm³/mol. The smallest absolute Gasteiger partial charge is 0.183 e. The first-order valence-electron chi connectivity index (χ1n) is 8.79. The van der Waals surface area contributed by atoms with Gasteiger partial charge in [0.05, 0.1) is 11.4 Å². The maximum atomic E-state index is 14.8. The highest BCUT2D eigenvalue weighted by atomic mass is 32.2. The minimum Gasteiger partial charge on any atom is -0.381 e. The number of hydrogen-bond acceptors (Lipinski definition) is 5. The van der Waals surface area contributed by atoms with Crippen LogP contribution in [-0.4, -0.2) is 17.5 Å². The van der Waals surface area contributed by atoms with Crippen molar-refractivity contribution in [2.24, 2.45) is 0 Å². The lowest BCUT2D eigenvalue weighted by molar-refractivity contribution is 0.112. The van der Waals surface area contributed by atoms with E-state index in [9.17, 15) is 22.4 Å². The Morgan fingerprint density at radius 1 is 1.17 bits per heavy atom. The van der Waals surface area contributed by atoms with E-state index < -0.39 is 29.0 Å². The third-order valence-electron chi connectivity index (χ3n) is 4.48. The number of anilines is 2. The van der Waals surface area contributed by atoms with Gasteiger partial charge in [-0.1, -0.05) is 12.2 Å². The lowest BCUT2D eigenvalue weighted by Gasteiger charge is -2.15. The Hall–Kier alpha value is -3.07. The third-order valence-corrected chi connectivity index (χ3v) is 5.24. The van der Waals surface area contributed by atoms with E-state index >= 15 is 0 Å². The van der Waals surface area contributed by atoms with Crippen LogP contribution in [0.25, 0.3) is 0 Å². The topological polar surface area (TPSA) is 68.0 Å². The Kier molecular flexibility index (Phi) is 6.61. The molecule has 4 nitrogen and oxygen atoms in total. The van der Waals surface area contributed by atoms with E-state index in [0.717, 1.165) is 6.07 Å². The second-order valence-electron chi connectivity index (χ2n) is 6.37. The molecule has 0 saturated carbocycles. The van der Waals surface area contributed by atoms with Gasteiger partial charge in [-0.2, -0.15) is 0 Å². The Morgan fingerprint density at radius 3 is 2.63 bits per heavy atom. The lowest BCUT2D eigenvalue weighted by atomic mass is 10.0. The van der Waals surface area contributed by atoms with Crippen molar-refractivity contribution >= 4 is 29.6 Å². The van der Waals surface area contributed by atoms with E-state index in [1.54, 1.807) is 12.3 Å². The van der Waals surface area contributed by atoms with Gasteiger partial charge in [-0.15, -0.1) is 11.8 Å². The van der Waals surface area contributed by atoms with Gasteiger partial charge >= 0.3 is 0 Å². The van der Waals surface area contributed by atoms with Crippen molar-refractivity contribution in [3.8, 4) is 0 Å². The van der Waals surface area contributed by atoms with Gasteiger partial charge in [-0.05, 0) is 42.0 Å². The number of nitrogens with one attached hydrogen (secondary N) is 1. The highest BCUT2D eigenvalue weighted by molar-refractivity contribution is 8.02. The number of carbonyl (C=O) groups is 1. The zero-order valence-corrected chi connectivity index (χ0v) is 16.6. The number of benzene rings is 1. The van der Waals surface area contributed by atoms with Gasteiger partial charge in [-0.3, -0.25) is 4.79 Å². The summed E-state index contributed by atoms with van der Waals surface area (Å²) < 4.78 is 58.1. The summed E-state index contributed by atoms with van der Waals surface area (Å²) in [5.41, 5.74) is 4.33. The van der Waals surface area contributed by atoms with Crippen LogP contribution in [0, 0.1) is 17.5 Å². The van der Waals surface area contributed by atoms with Gasteiger partial charge < -0.3 is 11.1 Å². The first-order chi connectivity index (χ1) is 14.3. The predicted octanol–water partition coefficient (Wildman–Crippen LogP) is 5.28. The molecule has 0 amide bonds. The molecule has 3 N–H and O–H groups in total. The summed E-state index contributed by atoms with van der Waals surface area (Å²) in [4.78, 5) is 15.8. The summed E-state index contributed by atoms with van der Waals surface area (Å²) in [7, 11) is 0. The molecule has 0 atom stereocenters. The summed E-state index contributed by atoms with van der Waals surface area (Å²) >= 11 is 1.34. The minimum atomic E-state index is -1.37. The van der Waals surface area contributed by atoms with Gasteiger partial charge in [-0.25, -0.2) is 22.5 Å². The second kappa shape index (κ2) is 9.17. The maximum absolute atomic E-state index is 14.8. The zero-order chi connectivity index (χ0) is 21.8. The quantitative estimate of drug-likeness (QED) is 0.477. The number of carbonyl (C=O) groups excluding carboxylic acids is 1. The minimum absolute atomic E-state index is 0.00511. The number of nitrogen functional groups attached to an aromatic ring is 1. The third kappa shape index (κ3) is 4.40. The molecule has 1 aromatic heterocycles. The molecule has 0 fully saturated rings. The van der Waals surface area contributed by atoms with E-state index in [1.807, 2.05) is 0 Å². The summed E-state index contributed by atoms with van der Waals surface area (Å²) in [6.07, 6.45) is 7.85. The van der Waals surface area contributed by atoms with Crippen LogP contribution < -0.4 is 11.1 Å². The van der Waals surface area contributed by atoms with Crippen LogP contribution in [0.4, 0.5) is 29.1 Å². The van der Waals surface area contributed by atoms with Crippen molar-refractivity contribution in [2.75, 3.05) is 17.3 Å². The number of allylic oxidation sites excluding steroid dienone is 4. The number of halogens is 4. The lowest BCUT2D eigenvalue weighted by Crippen LogP contribution is -2.10. The largest absolute Gasteiger partial charge is 0.381 e. The summed E-state index contributed by atoms with van der Waals surface area (Å²) in [5.74, 6) is -4.54. The highest BCUT2D eigenvalue weighted by Gasteiger charge is 2.22. The zero-order valence-electron chi connectivity index (χ0n) is 15.8. The number of nitrogens with two attached hydrogens (primary N) is 1. The molecule has 0 aliphatic heterocycles. The molecule has 9 heteroatoms. The van der Waals surface area contributed by atoms with Gasteiger partial charge in [0.2, 0.25) is 0 Å². The monoisotopic (exact) mass is 435 g/mol. The van der Waals surface area contributed by atoms with Gasteiger partial charge in [0, 0.05) is 23.1 Å². The van der Waals surface area contributed by atoms with Gasteiger partial charge in [0.1, 0.15) is 5.83 Å². The second-order valence-corrected chi connectivity index (χ2v) is 7.25. The summed E-state index contributed by atoms with van der Waals surface area (Å²) in [6.45, 7) is 0. The maximum Gasteiger partial charge on any atom is 0.183 e. The first-order valence-corrected chi connectivity index (χ1v) is 10.0. The molecular formula is C21H17F4N3OS. The molecule has 0 unspecified atom stereocenters. The molecule has 1 aliphatic rings. The van der Waals surface area contributed by atoms with Crippen LogP contribution in [0.1, 0.15) is 27.9 Å². The summed E-state index contributed by atoms with van der Waals surface area (Å²) in [5, 5.41) is 2.48. The molecule has 156 valence electrons. The Morgan fingerprint density at radius 2 is 1.93 bits per heavy atom. The number of thioether (sulfide) groups is 1. The number of hydrogen-bond donors (Lipinski definition) is 2. The molecule has 3 rings (SSSR count). The van der Waals surface area contributed by atoms with E-state index in [1.165, 1.54) is 36.2 Å². The van der Waals surface area contributed by atoms with Gasteiger partial charge in [0.15, 0.2) is 29.6 Å². The van der Waals surface area contributed by atoms with E-state index in [-0.39, 0.29) is 34.6 Å². The van der Waals surface area contributed by atoms with E-state index in [4.69, 9.17) is 5.73 Å². The number of aromatic nitrogens is 1. The Balaban J connectivity index is 1.98. The normalized spacial score (nSPS) is 13.8. The number of pyridine rings is 1. The molecule has 2 aromatic rings. The highest BCUT2D eigenvalue weighted by Crippen LogP contribution is 2.31. The van der Waals surface area contributed by atoms with Crippen LogP contribution in [0.2, 0.25) is 0 Å². The molecule has 0 saturated heterocycles. The standard InChI is InChI=1S/C21H17F4N3OS/c1-30-14-3-2-4-16(15(22)9-14)28-20-13(10-29)8-12(17(23)19(20)25)7-11-5-6-27-21(26)18(11)24/h3-6,8-10,28H,2,7H2,1H3,(H2,26,27). The molecule has 1 aliphatic carbocycles. The average molecular weight is 435 g/mol. The van der Waals surface area contributed by atoms with Crippen molar-refractivity contribution in [3.05, 3.63) is 87.1 Å². The van der Waals surface area contributed by atoms with E-state index in [0.29, 0.717) is 17.6 Å². The molecule has 0 spiro atoms. The fourth-order valence-corrected chi connectivity index (χ4v) is 3.42. The average Bonchev–Trinajstić information content (AvgIpc) is 2.91. The van der Waals surface area contributed by atoms with Crippen molar-refractivity contribution in [3.63, 3.8) is 0 Å². The number of aldehydes is 1. The SMILES string of the molecule is CSC1=CCC=C(Nc2c(C=O)cc(Cc3ccnc(N)c3F)c(F)c2F)C(F)=C1. The van der Waals surface area contributed by atoms with Crippen molar-refractivity contribution in [1.82, 2.24) is 4.98 Å². The van der Waals surface area contributed by atoms with E-state index in [2.05, 4.69) is 10.3 Å². The number of nitrogens with zero attached hydrogens (tertiary/aromatic N) is 1. The van der Waals surface area contributed by atoms with Crippen LogP contribution in [0.5, 0.6) is 0 Å². The summed E-state index contributed by atoms with van der Waals surface area (Å²) in [6, 6.07) is 2.37.